The number of benzene rings is 1. The minimum Gasteiger partial charge on any atom is -0.462 e. The first-order valence-corrected chi connectivity index (χ1v) is 9.84. The number of hydrogen-bond acceptors (Lipinski definition) is 4. The SMILES string of the molecule is CCOC(=O)c1c(NC(=O)/C=C\c2ccccc2Cl)sc2c1CCCC2. The van der Waals surface area contributed by atoms with Crippen molar-refractivity contribution in [1.82, 2.24) is 0 Å². The van der Waals surface area contributed by atoms with Gasteiger partial charge in [-0.25, -0.2) is 4.79 Å². The average Bonchev–Trinajstić information content (AvgIpc) is 2.99. The minimum atomic E-state index is -0.364. The summed E-state index contributed by atoms with van der Waals surface area (Å²) in [5.41, 5.74) is 2.32. The standard InChI is InChI=1S/C20H20ClNO3S/c1-2-25-20(24)18-14-8-4-6-10-16(14)26-19(18)22-17(23)12-11-13-7-3-5-9-15(13)21/h3,5,7,9,11-12H,2,4,6,8,10H2,1H3,(H,22,23)/b12-11-. The molecule has 1 amide bonds. The zero-order valence-electron chi connectivity index (χ0n) is 14.5. The molecule has 1 heterocycles. The van der Waals surface area contributed by atoms with Crippen LogP contribution in [0.5, 0.6) is 0 Å². The molecule has 0 saturated heterocycles. The highest BCUT2D eigenvalue weighted by Gasteiger charge is 2.26. The zero-order chi connectivity index (χ0) is 18.5. The summed E-state index contributed by atoms with van der Waals surface area (Å²) in [6, 6.07) is 7.29. The lowest BCUT2D eigenvalue weighted by Crippen LogP contribution is -2.14. The van der Waals surface area contributed by atoms with Crippen molar-refractivity contribution in [2.75, 3.05) is 11.9 Å². The van der Waals surface area contributed by atoms with Crippen molar-refractivity contribution in [2.24, 2.45) is 0 Å². The minimum absolute atomic E-state index is 0.297. The molecule has 26 heavy (non-hydrogen) atoms. The van der Waals surface area contributed by atoms with Crippen LogP contribution in [0.15, 0.2) is 30.3 Å². The molecule has 0 saturated carbocycles. The van der Waals surface area contributed by atoms with Crippen LogP contribution in [0.2, 0.25) is 5.02 Å². The number of carbonyl (C=O) groups is 2. The molecule has 2 aromatic rings. The van der Waals surface area contributed by atoms with Crippen LogP contribution in [-0.2, 0) is 22.4 Å². The van der Waals surface area contributed by atoms with Crippen LogP contribution in [0.25, 0.3) is 6.08 Å². The molecule has 136 valence electrons. The van der Waals surface area contributed by atoms with Crippen LogP contribution < -0.4 is 5.32 Å². The Bertz CT molecular complexity index is 857. The number of ether oxygens (including phenoxy) is 1. The first-order chi connectivity index (χ1) is 12.6. The second kappa shape index (κ2) is 8.52. The predicted octanol–water partition coefficient (Wildman–Crippen LogP) is 5.11. The van der Waals surface area contributed by atoms with Gasteiger partial charge in [0.25, 0.3) is 0 Å². The first kappa shape index (κ1) is 18.7. The van der Waals surface area contributed by atoms with Crippen LogP contribution in [0.3, 0.4) is 0 Å². The number of amides is 1. The van der Waals surface area contributed by atoms with Crippen LogP contribution in [0, 0.1) is 0 Å². The van der Waals surface area contributed by atoms with Crippen LogP contribution in [0.1, 0.15) is 46.1 Å². The van der Waals surface area contributed by atoms with Crippen molar-refractivity contribution in [2.45, 2.75) is 32.6 Å². The van der Waals surface area contributed by atoms with Crippen molar-refractivity contribution in [3.63, 3.8) is 0 Å². The van der Waals surface area contributed by atoms with E-state index >= 15 is 0 Å². The van der Waals surface area contributed by atoms with Gasteiger partial charge >= 0.3 is 5.97 Å². The van der Waals surface area contributed by atoms with E-state index in [1.54, 1.807) is 19.1 Å². The first-order valence-electron chi connectivity index (χ1n) is 8.65. The largest absolute Gasteiger partial charge is 0.462 e. The number of rotatable bonds is 5. The fourth-order valence-corrected chi connectivity index (χ4v) is 4.48. The maximum atomic E-state index is 12.4. The van der Waals surface area contributed by atoms with Crippen LogP contribution in [0.4, 0.5) is 5.00 Å². The molecule has 1 aliphatic rings. The van der Waals surface area contributed by atoms with Crippen molar-refractivity contribution >= 4 is 45.9 Å². The molecule has 0 atom stereocenters. The number of esters is 1. The van der Waals surface area contributed by atoms with E-state index in [9.17, 15) is 9.59 Å². The summed E-state index contributed by atoms with van der Waals surface area (Å²) in [7, 11) is 0. The Kier molecular flexibility index (Phi) is 6.12. The molecule has 3 rings (SSSR count). The van der Waals surface area contributed by atoms with Gasteiger partial charge in [0.05, 0.1) is 12.2 Å². The van der Waals surface area contributed by atoms with Crippen molar-refractivity contribution in [3.05, 3.63) is 56.9 Å². The van der Waals surface area contributed by atoms with E-state index in [1.165, 1.54) is 22.3 Å². The van der Waals surface area contributed by atoms with E-state index in [0.29, 0.717) is 22.2 Å². The van der Waals surface area contributed by atoms with E-state index in [4.69, 9.17) is 16.3 Å². The number of nitrogens with one attached hydrogen (secondary N) is 1. The number of carbonyl (C=O) groups excluding carboxylic acids is 2. The second-order valence-electron chi connectivity index (χ2n) is 5.98. The molecule has 6 heteroatoms. The van der Waals surface area contributed by atoms with Gasteiger partial charge in [-0.3, -0.25) is 4.79 Å². The van der Waals surface area contributed by atoms with Crippen LogP contribution >= 0.6 is 22.9 Å². The van der Waals surface area contributed by atoms with Gasteiger partial charge in [0.2, 0.25) is 5.91 Å². The number of thiophene rings is 1. The van der Waals surface area contributed by atoms with Crippen molar-refractivity contribution in [3.8, 4) is 0 Å². The summed E-state index contributed by atoms with van der Waals surface area (Å²) in [5.74, 6) is -0.661. The van der Waals surface area contributed by atoms with E-state index < -0.39 is 0 Å². The molecular formula is C20H20ClNO3S. The number of hydrogen-bond donors (Lipinski definition) is 1. The summed E-state index contributed by atoms with van der Waals surface area (Å²) in [6.07, 6.45) is 7.04. The van der Waals surface area contributed by atoms with Gasteiger partial charge in [-0.2, -0.15) is 0 Å². The maximum Gasteiger partial charge on any atom is 0.341 e. The number of anilines is 1. The Hall–Kier alpha value is -2.11. The molecule has 0 fully saturated rings. The number of fused-ring (bicyclic) bond motifs is 1. The molecule has 0 radical (unpaired) electrons. The Morgan fingerprint density at radius 3 is 2.81 bits per heavy atom. The lowest BCUT2D eigenvalue weighted by Gasteiger charge is -2.12. The third-order valence-electron chi connectivity index (χ3n) is 4.21. The van der Waals surface area contributed by atoms with Crippen molar-refractivity contribution in [1.29, 1.82) is 0 Å². The molecular weight excluding hydrogens is 370 g/mol. The van der Waals surface area contributed by atoms with Gasteiger partial charge in [0, 0.05) is 16.0 Å². The van der Waals surface area contributed by atoms with Gasteiger partial charge in [-0.05, 0) is 55.9 Å². The van der Waals surface area contributed by atoms with Gasteiger partial charge < -0.3 is 10.1 Å². The smallest absolute Gasteiger partial charge is 0.341 e. The van der Waals surface area contributed by atoms with Gasteiger partial charge in [0.15, 0.2) is 0 Å². The topological polar surface area (TPSA) is 55.4 Å². The highest BCUT2D eigenvalue weighted by Crippen LogP contribution is 2.38. The normalized spacial score (nSPS) is 13.5. The Labute approximate surface area is 161 Å². The number of aryl methyl sites for hydroxylation is 1. The average molecular weight is 390 g/mol. The molecule has 1 aliphatic carbocycles. The number of halogens is 1. The Morgan fingerprint density at radius 1 is 1.27 bits per heavy atom. The van der Waals surface area contributed by atoms with E-state index in [-0.39, 0.29) is 11.9 Å². The zero-order valence-corrected chi connectivity index (χ0v) is 16.1. The predicted molar refractivity (Wildman–Crippen MR) is 106 cm³/mol. The molecule has 1 N–H and O–H groups in total. The maximum absolute atomic E-state index is 12.4. The third kappa shape index (κ3) is 4.17. The monoisotopic (exact) mass is 389 g/mol. The van der Waals surface area contributed by atoms with E-state index in [2.05, 4.69) is 5.32 Å². The highest BCUT2D eigenvalue weighted by molar-refractivity contribution is 7.17. The summed E-state index contributed by atoms with van der Waals surface area (Å²) >= 11 is 7.57. The fraction of sp³-hybridized carbons (Fsp3) is 0.300. The van der Waals surface area contributed by atoms with Crippen molar-refractivity contribution < 1.29 is 14.3 Å². The van der Waals surface area contributed by atoms with Gasteiger partial charge in [0.1, 0.15) is 5.00 Å². The second-order valence-corrected chi connectivity index (χ2v) is 7.49. The molecule has 0 aliphatic heterocycles. The molecule has 0 spiro atoms. The summed E-state index contributed by atoms with van der Waals surface area (Å²) in [5, 5.41) is 4.00. The highest BCUT2D eigenvalue weighted by atomic mass is 35.5. The molecule has 1 aromatic heterocycles. The van der Waals surface area contributed by atoms with E-state index in [1.807, 2.05) is 18.2 Å². The lowest BCUT2D eigenvalue weighted by molar-refractivity contribution is -0.111. The van der Waals surface area contributed by atoms with Gasteiger partial charge in [-0.1, -0.05) is 29.8 Å². The molecule has 0 unspecified atom stereocenters. The Morgan fingerprint density at radius 2 is 2.04 bits per heavy atom. The van der Waals surface area contributed by atoms with Crippen LogP contribution in [-0.4, -0.2) is 18.5 Å². The summed E-state index contributed by atoms with van der Waals surface area (Å²) < 4.78 is 5.20. The quantitative estimate of drug-likeness (QED) is 0.571. The van der Waals surface area contributed by atoms with E-state index in [0.717, 1.165) is 36.8 Å². The van der Waals surface area contributed by atoms with Gasteiger partial charge in [-0.15, -0.1) is 11.3 Å². The molecule has 1 aromatic carbocycles. The molecule has 4 nitrogen and oxygen atoms in total. The Balaban J connectivity index is 1.82. The third-order valence-corrected chi connectivity index (χ3v) is 5.76. The fourth-order valence-electron chi connectivity index (χ4n) is 3.00. The molecule has 0 bridgehead atoms. The summed E-state index contributed by atoms with van der Waals surface area (Å²) in [6.45, 7) is 2.09. The summed E-state index contributed by atoms with van der Waals surface area (Å²) in [4.78, 5) is 25.9. The lowest BCUT2D eigenvalue weighted by atomic mass is 9.95.